The van der Waals surface area contributed by atoms with Crippen LogP contribution in [0.25, 0.3) is 0 Å². The highest BCUT2D eigenvalue weighted by Gasteiger charge is 2.10. The summed E-state index contributed by atoms with van der Waals surface area (Å²) in [7, 11) is 0. The molecular weight excluding hydrogens is 240 g/mol. The second kappa shape index (κ2) is 4.97. The molecule has 0 aliphatic heterocycles. The minimum absolute atomic E-state index is 0.203. The fourth-order valence-corrected chi connectivity index (χ4v) is 1.59. The first-order chi connectivity index (χ1) is 8.18. The number of carbonyl (C=O) groups excluding carboxylic acids is 1. The monoisotopic (exact) mass is 250 g/mol. The van der Waals surface area contributed by atoms with E-state index in [-0.39, 0.29) is 11.1 Å². The van der Waals surface area contributed by atoms with Crippen molar-refractivity contribution in [3.05, 3.63) is 46.5 Å². The molecule has 0 bridgehead atoms. The zero-order chi connectivity index (χ0) is 12.3. The number of pyridine rings is 1. The van der Waals surface area contributed by atoms with Crippen LogP contribution < -0.4 is 5.32 Å². The lowest BCUT2D eigenvalue weighted by Gasteiger charge is -2.05. The summed E-state index contributed by atoms with van der Waals surface area (Å²) >= 11 is 5.82. The van der Waals surface area contributed by atoms with Gasteiger partial charge in [-0.05, 0) is 19.1 Å². The van der Waals surface area contributed by atoms with E-state index in [2.05, 4.69) is 20.5 Å². The molecule has 2 heterocycles. The van der Waals surface area contributed by atoms with Crippen molar-refractivity contribution in [1.29, 1.82) is 0 Å². The fourth-order valence-electron chi connectivity index (χ4n) is 1.38. The van der Waals surface area contributed by atoms with Crippen molar-refractivity contribution < 1.29 is 4.79 Å². The van der Waals surface area contributed by atoms with Gasteiger partial charge in [-0.1, -0.05) is 11.6 Å². The van der Waals surface area contributed by atoms with Gasteiger partial charge in [0.1, 0.15) is 5.15 Å². The third-order valence-corrected chi connectivity index (χ3v) is 2.68. The van der Waals surface area contributed by atoms with E-state index in [0.29, 0.717) is 12.1 Å². The van der Waals surface area contributed by atoms with E-state index >= 15 is 0 Å². The molecule has 0 saturated heterocycles. The molecule has 0 radical (unpaired) electrons. The van der Waals surface area contributed by atoms with Gasteiger partial charge in [0, 0.05) is 24.0 Å². The molecule has 5 nitrogen and oxygen atoms in total. The summed E-state index contributed by atoms with van der Waals surface area (Å²) in [5, 5.41) is 9.64. The van der Waals surface area contributed by atoms with Crippen LogP contribution in [-0.4, -0.2) is 21.1 Å². The van der Waals surface area contributed by atoms with Gasteiger partial charge in [-0.15, -0.1) is 0 Å². The summed E-state index contributed by atoms with van der Waals surface area (Å²) in [5.74, 6) is -0.247. The second-order valence-corrected chi connectivity index (χ2v) is 3.90. The number of carbonyl (C=O) groups is 1. The standard InChI is InChI=1S/C11H11ClN4O/c1-7-8(6-15-16-7)5-14-11(17)9-3-2-4-13-10(9)12/h2-4,6H,5H2,1H3,(H,14,17)(H,15,16). The fraction of sp³-hybridized carbons (Fsp3) is 0.182. The molecule has 0 aromatic carbocycles. The van der Waals surface area contributed by atoms with Crippen LogP contribution >= 0.6 is 11.6 Å². The summed E-state index contributed by atoms with van der Waals surface area (Å²) in [6, 6.07) is 3.30. The van der Waals surface area contributed by atoms with Gasteiger partial charge in [-0.3, -0.25) is 9.89 Å². The highest BCUT2D eigenvalue weighted by Crippen LogP contribution is 2.11. The molecule has 0 fully saturated rings. The zero-order valence-corrected chi connectivity index (χ0v) is 9.95. The maximum atomic E-state index is 11.8. The first-order valence-corrected chi connectivity index (χ1v) is 5.44. The number of rotatable bonds is 3. The maximum absolute atomic E-state index is 11.8. The quantitative estimate of drug-likeness (QED) is 0.815. The van der Waals surface area contributed by atoms with Gasteiger partial charge >= 0.3 is 0 Å². The lowest BCUT2D eigenvalue weighted by molar-refractivity contribution is 0.0950. The van der Waals surface area contributed by atoms with Crippen molar-refractivity contribution in [2.24, 2.45) is 0 Å². The van der Waals surface area contributed by atoms with Crippen LogP contribution in [0.5, 0.6) is 0 Å². The van der Waals surface area contributed by atoms with Crippen LogP contribution in [0.4, 0.5) is 0 Å². The predicted molar refractivity (Wildman–Crippen MR) is 63.7 cm³/mol. The van der Waals surface area contributed by atoms with Gasteiger partial charge in [-0.25, -0.2) is 4.98 Å². The molecule has 0 atom stereocenters. The molecule has 2 N–H and O–H groups in total. The van der Waals surface area contributed by atoms with Crippen molar-refractivity contribution in [2.75, 3.05) is 0 Å². The van der Waals surface area contributed by atoms with Gasteiger partial charge in [0.15, 0.2) is 0 Å². The highest BCUT2D eigenvalue weighted by molar-refractivity contribution is 6.32. The van der Waals surface area contributed by atoms with Crippen LogP contribution in [0, 0.1) is 6.92 Å². The third-order valence-electron chi connectivity index (χ3n) is 2.38. The topological polar surface area (TPSA) is 70.7 Å². The molecule has 0 saturated carbocycles. The molecule has 2 aromatic rings. The van der Waals surface area contributed by atoms with Gasteiger partial charge in [0.2, 0.25) is 0 Å². The molecule has 2 rings (SSSR count). The van der Waals surface area contributed by atoms with Gasteiger partial charge < -0.3 is 5.32 Å². The van der Waals surface area contributed by atoms with E-state index in [4.69, 9.17) is 11.6 Å². The number of aromatic amines is 1. The maximum Gasteiger partial charge on any atom is 0.254 e. The molecule has 0 unspecified atom stereocenters. The van der Waals surface area contributed by atoms with E-state index in [1.54, 1.807) is 24.5 Å². The van der Waals surface area contributed by atoms with Crippen LogP contribution in [-0.2, 0) is 6.54 Å². The number of aromatic nitrogens is 3. The summed E-state index contributed by atoms with van der Waals surface area (Å²) in [6.07, 6.45) is 3.22. The summed E-state index contributed by atoms with van der Waals surface area (Å²) in [6.45, 7) is 2.30. The smallest absolute Gasteiger partial charge is 0.254 e. The Balaban J connectivity index is 2.04. The Hall–Kier alpha value is -1.88. The number of aryl methyl sites for hydroxylation is 1. The number of H-pyrrole nitrogens is 1. The Kier molecular flexibility index (Phi) is 3.39. The second-order valence-electron chi connectivity index (χ2n) is 3.54. The Morgan fingerprint density at radius 1 is 1.59 bits per heavy atom. The van der Waals surface area contributed by atoms with Crippen molar-refractivity contribution in [2.45, 2.75) is 13.5 Å². The third kappa shape index (κ3) is 2.62. The molecule has 0 spiro atoms. The first kappa shape index (κ1) is 11.6. The molecule has 1 amide bonds. The van der Waals surface area contributed by atoms with Crippen molar-refractivity contribution in [1.82, 2.24) is 20.5 Å². The summed E-state index contributed by atoms with van der Waals surface area (Å²) in [5.41, 5.74) is 2.25. The number of amides is 1. The number of hydrogen-bond acceptors (Lipinski definition) is 3. The Morgan fingerprint density at radius 3 is 3.06 bits per heavy atom. The minimum Gasteiger partial charge on any atom is -0.348 e. The molecule has 2 aromatic heterocycles. The van der Waals surface area contributed by atoms with E-state index < -0.39 is 0 Å². The molecule has 0 aliphatic carbocycles. The van der Waals surface area contributed by atoms with E-state index in [0.717, 1.165) is 11.3 Å². The normalized spacial score (nSPS) is 10.2. The van der Waals surface area contributed by atoms with E-state index in [1.165, 1.54) is 0 Å². The lowest BCUT2D eigenvalue weighted by atomic mass is 10.2. The average molecular weight is 251 g/mol. The van der Waals surface area contributed by atoms with Crippen LogP contribution in [0.3, 0.4) is 0 Å². The Bertz CT molecular complexity index is 538. The predicted octanol–water partition coefficient (Wildman–Crippen LogP) is 1.70. The summed E-state index contributed by atoms with van der Waals surface area (Å²) in [4.78, 5) is 15.7. The Labute approximate surface area is 103 Å². The van der Waals surface area contributed by atoms with Gasteiger partial charge in [0.25, 0.3) is 5.91 Å². The van der Waals surface area contributed by atoms with E-state index in [1.807, 2.05) is 6.92 Å². The molecule has 88 valence electrons. The Morgan fingerprint density at radius 2 is 2.41 bits per heavy atom. The van der Waals surface area contributed by atoms with Crippen LogP contribution in [0.15, 0.2) is 24.5 Å². The van der Waals surface area contributed by atoms with Crippen molar-refractivity contribution in [3.63, 3.8) is 0 Å². The molecular formula is C11H11ClN4O. The molecule has 0 aliphatic rings. The van der Waals surface area contributed by atoms with Crippen molar-refractivity contribution in [3.8, 4) is 0 Å². The van der Waals surface area contributed by atoms with Gasteiger partial charge in [-0.2, -0.15) is 5.10 Å². The first-order valence-electron chi connectivity index (χ1n) is 5.06. The number of nitrogens with zero attached hydrogens (tertiary/aromatic N) is 2. The highest BCUT2D eigenvalue weighted by atomic mass is 35.5. The minimum atomic E-state index is -0.247. The largest absolute Gasteiger partial charge is 0.348 e. The lowest BCUT2D eigenvalue weighted by Crippen LogP contribution is -2.23. The summed E-state index contributed by atoms with van der Waals surface area (Å²) < 4.78 is 0. The number of nitrogens with one attached hydrogen (secondary N) is 2. The molecule has 6 heteroatoms. The average Bonchev–Trinajstić information content (AvgIpc) is 2.72. The number of halogens is 1. The number of hydrogen-bond donors (Lipinski definition) is 2. The van der Waals surface area contributed by atoms with Crippen molar-refractivity contribution >= 4 is 17.5 Å². The molecule has 17 heavy (non-hydrogen) atoms. The van der Waals surface area contributed by atoms with Gasteiger partial charge in [0.05, 0.1) is 11.8 Å². The van der Waals surface area contributed by atoms with E-state index in [9.17, 15) is 4.79 Å². The SMILES string of the molecule is Cc1[nH]ncc1CNC(=O)c1cccnc1Cl. The van der Waals surface area contributed by atoms with Crippen LogP contribution in [0.2, 0.25) is 5.15 Å². The zero-order valence-electron chi connectivity index (χ0n) is 9.20. The van der Waals surface area contributed by atoms with Crippen LogP contribution in [0.1, 0.15) is 21.6 Å².